The van der Waals surface area contributed by atoms with Crippen LogP contribution in [0, 0.1) is 19.7 Å². The van der Waals surface area contributed by atoms with Gasteiger partial charge in [-0.2, -0.15) is 0 Å². The van der Waals surface area contributed by atoms with Crippen molar-refractivity contribution in [3.05, 3.63) is 53.2 Å². The zero-order valence-electron chi connectivity index (χ0n) is 16.6. The van der Waals surface area contributed by atoms with Crippen molar-refractivity contribution in [2.75, 3.05) is 31.1 Å². The van der Waals surface area contributed by atoms with E-state index in [0.717, 1.165) is 26.9 Å². The number of aryl methyl sites for hydroxylation is 2. The molecule has 0 N–H and O–H groups in total. The summed E-state index contributed by atoms with van der Waals surface area (Å²) in [5, 5.41) is 0.906. The van der Waals surface area contributed by atoms with Crippen molar-refractivity contribution < 1.29 is 9.18 Å². The molecule has 0 bridgehead atoms. The summed E-state index contributed by atoms with van der Waals surface area (Å²) in [6.45, 7) is 6.03. The first kappa shape index (κ1) is 18.8. The fourth-order valence-corrected chi connectivity index (χ4v) is 4.59. The maximum absolute atomic E-state index is 14.2. The first-order valence-electron chi connectivity index (χ1n) is 9.70. The van der Waals surface area contributed by atoms with Crippen LogP contribution >= 0.6 is 11.3 Å². The van der Waals surface area contributed by atoms with E-state index in [9.17, 15) is 9.18 Å². The van der Waals surface area contributed by atoms with Gasteiger partial charge in [0, 0.05) is 38.4 Å². The highest BCUT2D eigenvalue weighted by Crippen LogP contribution is 2.28. The lowest BCUT2D eigenvalue weighted by molar-refractivity contribution is 0.0748. The van der Waals surface area contributed by atoms with E-state index in [1.807, 2.05) is 26.0 Å². The van der Waals surface area contributed by atoms with Gasteiger partial charge < -0.3 is 9.80 Å². The number of rotatable bonds is 2. The van der Waals surface area contributed by atoms with Crippen LogP contribution in [0.2, 0.25) is 0 Å². The van der Waals surface area contributed by atoms with E-state index in [-0.39, 0.29) is 11.5 Å². The molecule has 0 saturated carbocycles. The van der Waals surface area contributed by atoms with Gasteiger partial charge in [0.2, 0.25) is 0 Å². The normalized spacial score (nSPS) is 14.6. The van der Waals surface area contributed by atoms with Crippen molar-refractivity contribution in [2.45, 2.75) is 13.8 Å². The number of benzene rings is 1. The molecular formula is C21H19FN6OS. The highest BCUT2D eigenvalue weighted by molar-refractivity contribution is 7.21. The quantitative estimate of drug-likeness (QED) is 0.493. The summed E-state index contributed by atoms with van der Waals surface area (Å²) in [5.41, 5.74) is 3.46. The Labute approximate surface area is 176 Å². The van der Waals surface area contributed by atoms with Crippen molar-refractivity contribution in [1.82, 2.24) is 24.8 Å². The molecule has 4 aromatic rings. The van der Waals surface area contributed by atoms with Crippen molar-refractivity contribution in [3.8, 4) is 0 Å². The third-order valence-electron chi connectivity index (χ3n) is 5.37. The lowest BCUT2D eigenvalue weighted by Gasteiger charge is -2.34. The van der Waals surface area contributed by atoms with Crippen LogP contribution in [-0.2, 0) is 0 Å². The van der Waals surface area contributed by atoms with Gasteiger partial charge in [-0.3, -0.25) is 4.79 Å². The smallest absolute Gasteiger partial charge is 0.256 e. The maximum Gasteiger partial charge on any atom is 0.256 e. The zero-order valence-corrected chi connectivity index (χ0v) is 17.4. The topological polar surface area (TPSA) is 75.1 Å². The van der Waals surface area contributed by atoms with Gasteiger partial charge in [0.15, 0.2) is 5.13 Å². The lowest BCUT2D eigenvalue weighted by atomic mass is 10.1. The van der Waals surface area contributed by atoms with Crippen LogP contribution in [0.15, 0.2) is 30.5 Å². The van der Waals surface area contributed by atoms with Crippen LogP contribution in [0.1, 0.15) is 21.7 Å². The monoisotopic (exact) mass is 422 g/mol. The molecule has 0 radical (unpaired) electrons. The summed E-state index contributed by atoms with van der Waals surface area (Å²) in [4.78, 5) is 35.9. The number of nitrogens with zero attached hydrogens (tertiary/aromatic N) is 6. The molecule has 9 heteroatoms. The Morgan fingerprint density at radius 3 is 2.57 bits per heavy atom. The molecule has 0 aliphatic carbocycles. The van der Waals surface area contributed by atoms with Gasteiger partial charge in [0.1, 0.15) is 21.7 Å². The fraction of sp³-hybridized carbons (Fsp3) is 0.286. The molecule has 1 fully saturated rings. The molecule has 5 rings (SSSR count). The Hall–Kier alpha value is -3.20. The van der Waals surface area contributed by atoms with Crippen LogP contribution in [0.5, 0.6) is 0 Å². The van der Waals surface area contributed by atoms with Gasteiger partial charge in [0.25, 0.3) is 5.91 Å². The molecule has 152 valence electrons. The summed E-state index contributed by atoms with van der Waals surface area (Å²) >= 11 is 1.55. The van der Waals surface area contributed by atoms with Crippen LogP contribution in [-0.4, -0.2) is 56.9 Å². The molecule has 1 aliphatic heterocycles. The van der Waals surface area contributed by atoms with E-state index in [2.05, 4.69) is 24.8 Å². The predicted molar refractivity (Wildman–Crippen MR) is 115 cm³/mol. The first-order valence-corrected chi connectivity index (χ1v) is 10.5. The van der Waals surface area contributed by atoms with Crippen molar-refractivity contribution in [2.24, 2.45) is 0 Å². The van der Waals surface area contributed by atoms with Crippen molar-refractivity contribution in [3.63, 3.8) is 0 Å². The van der Waals surface area contributed by atoms with E-state index < -0.39 is 5.82 Å². The SMILES string of the molecule is Cc1nc2cc(F)cc(C(=O)N3CCN(c4nc5cccnc5s4)CC3)c2nc1C. The summed E-state index contributed by atoms with van der Waals surface area (Å²) in [6, 6.07) is 6.41. The van der Waals surface area contributed by atoms with Gasteiger partial charge in [-0.05, 0) is 32.0 Å². The second kappa shape index (κ2) is 7.24. The highest BCUT2D eigenvalue weighted by atomic mass is 32.1. The van der Waals surface area contributed by atoms with Crippen LogP contribution in [0.4, 0.5) is 9.52 Å². The largest absolute Gasteiger partial charge is 0.344 e. The van der Waals surface area contributed by atoms with Gasteiger partial charge >= 0.3 is 0 Å². The predicted octanol–water partition coefficient (Wildman–Crippen LogP) is 3.35. The molecule has 0 unspecified atom stereocenters. The minimum absolute atomic E-state index is 0.220. The third kappa shape index (κ3) is 3.24. The Morgan fingerprint density at radius 2 is 1.80 bits per heavy atom. The first-order chi connectivity index (χ1) is 14.5. The van der Waals surface area contributed by atoms with Gasteiger partial charge in [-0.15, -0.1) is 0 Å². The minimum atomic E-state index is -0.482. The molecule has 0 spiro atoms. The molecule has 3 aromatic heterocycles. The van der Waals surface area contributed by atoms with E-state index in [4.69, 9.17) is 0 Å². The Bertz CT molecular complexity index is 1250. The number of hydrogen-bond donors (Lipinski definition) is 0. The highest BCUT2D eigenvalue weighted by Gasteiger charge is 2.26. The van der Waals surface area contributed by atoms with Gasteiger partial charge in [0.05, 0.1) is 22.5 Å². The molecule has 4 heterocycles. The molecule has 0 atom stereocenters. The number of carbonyl (C=O) groups is 1. The van der Waals surface area contributed by atoms with Crippen molar-refractivity contribution in [1.29, 1.82) is 0 Å². The summed E-state index contributed by atoms with van der Waals surface area (Å²) < 4.78 is 14.2. The molecule has 1 aromatic carbocycles. The molecule has 30 heavy (non-hydrogen) atoms. The summed E-state index contributed by atoms with van der Waals surface area (Å²) in [5.74, 6) is -0.702. The number of hydrogen-bond acceptors (Lipinski definition) is 7. The molecular weight excluding hydrogens is 403 g/mol. The number of fused-ring (bicyclic) bond motifs is 2. The molecule has 1 amide bonds. The standard InChI is InChI=1S/C21H19FN6OS/c1-12-13(2)25-18-15(10-14(22)11-17(18)24-12)20(29)27-6-8-28(9-7-27)21-26-16-4-3-5-23-19(16)30-21/h3-5,10-11H,6-9H2,1-2H3. The Morgan fingerprint density at radius 1 is 1.03 bits per heavy atom. The van der Waals surface area contributed by atoms with Gasteiger partial charge in [-0.25, -0.2) is 24.3 Å². The Balaban J connectivity index is 1.39. The molecule has 1 aliphatic rings. The number of halogens is 1. The molecule has 7 nitrogen and oxygen atoms in total. The van der Waals surface area contributed by atoms with Gasteiger partial charge in [-0.1, -0.05) is 11.3 Å². The maximum atomic E-state index is 14.2. The van der Waals surface area contributed by atoms with E-state index >= 15 is 0 Å². The van der Waals surface area contributed by atoms with Crippen LogP contribution < -0.4 is 4.90 Å². The number of aromatic nitrogens is 4. The lowest BCUT2D eigenvalue weighted by Crippen LogP contribution is -2.48. The fourth-order valence-electron chi connectivity index (χ4n) is 3.63. The number of thiazole rings is 1. The second-order valence-corrected chi connectivity index (χ2v) is 8.27. The number of amides is 1. The molecule has 1 saturated heterocycles. The van der Waals surface area contributed by atoms with E-state index in [1.165, 1.54) is 12.1 Å². The Kier molecular flexibility index (Phi) is 4.54. The third-order valence-corrected chi connectivity index (χ3v) is 6.41. The van der Waals surface area contributed by atoms with Crippen molar-refractivity contribution >= 4 is 43.8 Å². The van der Waals surface area contributed by atoms with Crippen LogP contribution in [0.3, 0.4) is 0 Å². The second-order valence-electron chi connectivity index (χ2n) is 7.32. The number of pyridine rings is 1. The average molecular weight is 422 g/mol. The summed E-state index contributed by atoms with van der Waals surface area (Å²) in [6.07, 6.45) is 1.76. The number of piperazine rings is 1. The minimum Gasteiger partial charge on any atom is -0.344 e. The zero-order chi connectivity index (χ0) is 20.8. The van der Waals surface area contributed by atoms with E-state index in [0.29, 0.717) is 37.2 Å². The average Bonchev–Trinajstić information content (AvgIpc) is 3.18. The van der Waals surface area contributed by atoms with Crippen LogP contribution in [0.25, 0.3) is 21.4 Å². The summed E-state index contributed by atoms with van der Waals surface area (Å²) in [7, 11) is 0. The van der Waals surface area contributed by atoms with E-state index in [1.54, 1.807) is 22.4 Å². The number of carbonyl (C=O) groups excluding carboxylic acids is 1. The number of anilines is 1.